The van der Waals surface area contributed by atoms with Crippen molar-refractivity contribution >= 4 is 11.4 Å². The number of halogens is 2. The lowest BCUT2D eigenvalue weighted by atomic mass is 10.1. The molecule has 0 spiro atoms. The van der Waals surface area contributed by atoms with Crippen LogP contribution in [0.2, 0.25) is 0 Å². The monoisotopic (exact) mass is 271 g/mol. The van der Waals surface area contributed by atoms with Crippen LogP contribution in [0.25, 0.3) is 0 Å². The molecular weight excluding hydrogens is 260 g/mol. The molecule has 0 amide bonds. The Labute approximate surface area is 107 Å². The Kier molecular flexibility index (Phi) is 5.63. The van der Waals surface area contributed by atoms with Gasteiger partial charge in [0.15, 0.2) is 0 Å². The molecule has 0 aliphatic rings. The minimum Gasteiger partial charge on any atom is -0.377 e. The van der Waals surface area contributed by atoms with Crippen molar-refractivity contribution in [1.29, 1.82) is 5.26 Å². The van der Waals surface area contributed by atoms with Gasteiger partial charge in [-0.05, 0) is 12.1 Å². The van der Waals surface area contributed by atoms with E-state index in [-0.39, 0.29) is 30.1 Å². The summed E-state index contributed by atoms with van der Waals surface area (Å²) < 4.78 is 28.2. The van der Waals surface area contributed by atoms with E-state index in [9.17, 15) is 18.9 Å². The number of rotatable bonds is 7. The average Bonchev–Trinajstić information content (AvgIpc) is 2.37. The van der Waals surface area contributed by atoms with Gasteiger partial charge in [-0.25, -0.2) is 8.78 Å². The predicted molar refractivity (Wildman–Crippen MR) is 63.1 cm³/mol. The Morgan fingerprint density at radius 1 is 1.53 bits per heavy atom. The van der Waals surface area contributed by atoms with Crippen molar-refractivity contribution in [3.63, 3.8) is 0 Å². The van der Waals surface area contributed by atoms with E-state index >= 15 is 0 Å². The maximum Gasteiger partial charge on any atom is 0.309 e. The second-order valence-electron chi connectivity index (χ2n) is 3.46. The molecule has 0 radical (unpaired) electrons. The van der Waals surface area contributed by atoms with Crippen molar-refractivity contribution in [2.24, 2.45) is 0 Å². The molecular formula is C11H11F2N3O3. The number of hydrogen-bond acceptors (Lipinski definition) is 5. The van der Waals surface area contributed by atoms with Crippen LogP contribution in [0, 0.1) is 21.4 Å². The number of alkyl halides is 2. The van der Waals surface area contributed by atoms with Crippen molar-refractivity contribution in [2.45, 2.75) is 6.43 Å². The highest BCUT2D eigenvalue weighted by molar-refractivity contribution is 5.68. The van der Waals surface area contributed by atoms with E-state index in [1.165, 1.54) is 18.2 Å². The molecule has 0 aromatic heterocycles. The van der Waals surface area contributed by atoms with Crippen LogP contribution in [0.1, 0.15) is 5.56 Å². The summed E-state index contributed by atoms with van der Waals surface area (Å²) in [7, 11) is 0. The molecule has 102 valence electrons. The fraction of sp³-hybridized carbons (Fsp3) is 0.364. The highest BCUT2D eigenvalue weighted by Gasteiger charge is 2.18. The van der Waals surface area contributed by atoms with E-state index in [1.807, 2.05) is 0 Å². The average molecular weight is 271 g/mol. The Morgan fingerprint density at radius 3 is 2.84 bits per heavy atom. The molecule has 0 heterocycles. The van der Waals surface area contributed by atoms with E-state index in [1.54, 1.807) is 6.07 Å². The molecule has 0 bridgehead atoms. The zero-order valence-corrected chi connectivity index (χ0v) is 9.81. The first-order valence-corrected chi connectivity index (χ1v) is 5.33. The molecule has 1 aromatic carbocycles. The van der Waals surface area contributed by atoms with E-state index in [0.717, 1.165) is 0 Å². The number of nitrogens with zero attached hydrogens (tertiary/aromatic N) is 2. The van der Waals surface area contributed by atoms with Crippen LogP contribution < -0.4 is 5.32 Å². The minimum atomic E-state index is -2.55. The van der Waals surface area contributed by atoms with Gasteiger partial charge in [0.2, 0.25) is 0 Å². The van der Waals surface area contributed by atoms with Gasteiger partial charge in [0, 0.05) is 6.54 Å². The van der Waals surface area contributed by atoms with E-state index in [4.69, 9.17) is 5.26 Å². The first-order chi connectivity index (χ1) is 9.06. The van der Waals surface area contributed by atoms with Crippen molar-refractivity contribution in [2.75, 3.05) is 25.1 Å². The number of anilines is 1. The largest absolute Gasteiger partial charge is 0.377 e. The Morgan fingerprint density at radius 2 is 2.26 bits per heavy atom. The lowest BCUT2D eigenvalue weighted by Gasteiger charge is -2.08. The Hall–Kier alpha value is -2.27. The Bertz CT molecular complexity index is 489. The van der Waals surface area contributed by atoms with Gasteiger partial charge in [-0.3, -0.25) is 10.1 Å². The van der Waals surface area contributed by atoms with Crippen molar-refractivity contribution < 1.29 is 18.4 Å². The molecule has 0 aliphatic carbocycles. The number of nitro benzene ring substituents is 1. The molecule has 0 unspecified atom stereocenters. The van der Waals surface area contributed by atoms with Gasteiger partial charge in [-0.2, -0.15) is 5.26 Å². The number of para-hydroxylation sites is 1. The SMILES string of the molecule is N#Cc1cccc(NCCOCC(F)F)c1[N+](=O)[O-]. The number of nitrogens with one attached hydrogen (secondary N) is 1. The molecule has 6 nitrogen and oxygen atoms in total. The maximum atomic E-state index is 11.8. The number of ether oxygens (including phenoxy) is 1. The highest BCUT2D eigenvalue weighted by atomic mass is 19.3. The molecule has 1 N–H and O–H groups in total. The molecule has 0 atom stereocenters. The summed E-state index contributed by atoms with van der Waals surface area (Å²) in [6.45, 7) is -0.567. The maximum absolute atomic E-state index is 11.8. The summed E-state index contributed by atoms with van der Waals surface area (Å²) in [5.41, 5.74) is -0.243. The van der Waals surface area contributed by atoms with Crippen molar-refractivity contribution in [3.05, 3.63) is 33.9 Å². The van der Waals surface area contributed by atoms with E-state index in [0.29, 0.717) is 0 Å². The highest BCUT2D eigenvalue weighted by Crippen LogP contribution is 2.27. The molecule has 19 heavy (non-hydrogen) atoms. The summed E-state index contributed by atoms with van der Waals surface area (Å²) >= 11 is 0. The Balaban J connectivity index is 2.64. The second-order valence-corrected chi connectivity index (χ2v) is 3.46. The smallest absolute Gasteiger partial charge is 0.309 e. The van der Waals surface area contributed by atoms with Crippen LogP contribution in [0.15, 0.2) is 18.2 Å². The van der Waals surface area contributed by atoms with E-state index in [2.05, 4.69) is 10.1 Å². The summed E-state index contributed by atoms with van der Waals surface area (Å²) in [6.07, 6.45) is -2.55. The molecule has 1 rings (SSSR count). The van der Waals surface area contributed by atoms with E-state index < -0.39 is 18.0 Å². The third-order valence-corrected chi connectivity index (χ3v) is 2.14. The molecule has 1 aromatic rings. The molecule has 0 aliphatic heterocycles. The standard InChI is InChI=1S/C11H11F2N3O3/c12-10(13)7-19-5-4-15-9-3-1-2-8(6-14)11(9)16(17)18/h1-3,10,15H,4-5,7H2. The summed E-state index contributed by atoms with van der Waals surface area (Å²) in [5, 5.41) is 22.3. The van der Waals surface area contributed by atoms with Gasteiger partial charge in [-0.15, -0.1) is 0 Å². The van der Waals surface area contributed by atoms with Crippen molar-refractivity contribution in [1.82, 2.24) is 0 Å². The second kappa shape index (κ2) is 7.23. The van der Waals surface area contributed by atoms with Crippen LogP contribution >= 0.6 is 0 Å². The van der Waals surface area contributed by atoms with Gasteiger partial charge in [0.1, 0.15) is 23.9 Å². The molecule has 8 heteroatoms. The topological polar surface area (TPSA) is 88.2 Å². The van der Waals surface area contributed by atoms with Gasteiger partial charge in [-0.1, -0.05) is 6.07 Å². The first kappa shape index (κ1) is 14.8. The molecule has 0 saturated carbocycles. The van der Waals surface area contributed by atoms with Gasteiger partial charge < -0.3 is 10.1 Å². The zero-order chi connectivity index (χ0) is 14.3. The minimum absolute atomic E-state index is 0.0156. The third-order valence-electron chi connectivity index (χ3n) is 2.14. The zero-order valence-electron chi connectivity index (χ0n) is 9.81. The first-order valence-electron chi connectivity index (χ1n) is 5.33. The fourth-order valence-corrected chi connectivity index (χ4v) is 1.40. The molecule has 0 saturated heterocycles. The lowest BCUT2D eigenvalue weighted by Crippen LogP contribution is -2.14. The van der Waals surface area contributed by atoms with Crippen LogP contribution in [0.4, 0.5) is 20.2 Å². The predicted octanol–water partition coefficient (Wildman–Crippen LogP) is 2.16. The summed E-state index contributed by atoms with van der Waals surface area (Å²) in [4.78, 5) is 10.2. The number of benzene rings is 1. The lowest BCUT2D eigenvalue weighted by molar-refractivity contribution is -0.384. The fourth-order valence-electron chi connectivity index (χ4n) is 1.40. The van der Waals surface area contributed by atoms with Gasteiger partial charge in [0.05, 0.1) is 11.5 Å². The molecule has 0 fully saturated rings. The summed E-state index contributed by atoms with van der Waals surface area (Å²) in [5.74, 6) is 0. The van der Waals surface area contributed by atoms with Crippen molar-refractivity contribution in [3.8, 4) is 6.07 Å². The number of hydrogen-bond donors (Lipinski definition) is 1. The third kappa shape index (κ3) is 4.48. The van der Waals surface area contributed by atoms with Crippen LogP contribution in [0.3, 0.4) is 0 Å². The van der Waals surface area contributed by atoms with Crippen LogP contribution in [-0.2, 0) is 4.74 Å². The summed E-state index contributed by atoms with van der Waals surface area (Å²) in [6, 6.07) is 5.98. The van der Waals surface area contributed by atoms with Gasteiger partial charge in [0.25, 0.3) is 6.43 Å². The van der Waals surface area contributed by atoms with Crippen LogP contribution in [0.5, 0.6) is 0 Å². The van der Waals surface area contributed by atoms with Crippen LogP contribution in [-0.4, -0.2) is 31.1 Å². The number of nitriles is 1. The number of nitro groups is 1. The quantitative estimate of drug-likeness (QED) is 0.466. The van der Waals surface area contributed by atoms with Gasteiger partial charge >= 0.3 is 5.69 Å². The normalized spacial score (nSPS) is 10.2.